The van der Waals surface area contributed by atoms with E-state index in [9.17, 15) is 4.79 Å². The Bertz CT molecular complexity index is 370. The van der Waals surface area contributed by atoms with Crippen LogP contribution in [0.3, 0.4) is 0 Å². The molecule has 17 heavy (non-hydrogen) atoms. The molecule has 1 aromatic rings. The summed E-state index contributed by atoms with van der Waals surface area (Å²) in [7, 11) is 0. The summed E-state index contributed by atoms with van der Waals surface area (Å²) in [6.45, 7) is 2.25. The Balaban J connectivity index is 1.91. The van der Waals surface area contributed by atoms with Crippen molar-refractivity contribution in [3.8, 4) is 5.75 Å². The number of nitrogens with zero attached hydrogens (tertiary/aromatic N) is 1. The Morgan fingerprint density at radius 3 is 2.47 bits per heavy atom. The summed E-state index contributed by atoms with van der Waals surface area (Å²) in [6.07, 6.45) is 2.75. The molecule has 0 atom stereocenters. The first-order chi connectivity index (χ1) is 8.29. The van der Waals surface area contributed by atoms with Gasteiger partial charge in [-0.1, -0.05) is 12.1 Å². The van der Waals surface area contributed by atoms with Gasteiger partial charge in [-0.15, -0.1) is 0 Å². The predicted molar refractivity (Wildman–Crippen MR) is 66.0 cm³/mol. The van der Waals surface area contributed by atoms with Crippen LogP contribution in [0.1, 0.15) is 18.4 Å². The molecule has 2 rings (SSSR count). The standard InChI is InChI=1S/C13H18N2O2/c14-8-7-11-3-5-12(6-4-11)17-13(16)15-9-1-2-10-15/h3-6H,1-2,7-10,14H2. The number of carbonyl (C=O) groups excluding carboxylic acids is 1. The lowest BCUT2D eigenvalue weighted by atomic mass is 10.1. The maximum absolute atomic E-state index is 11.7. The third-order valence-corrected chi connectivity index (χ3v) is 2.93. The summed E-state index contributed by atoms with van der Waals surface area (Å²) >= 11 is 0. The first-order valence-corrected chi connectivity index (χ1v) is 6.05. The molecule has 4 heteroatoms. The van der Waals surface area contributed by atoms with Gasteiger partial charge in [-0.3, -0.25) is 0 Å². The molecule has 0 radical (unpaired) electrons. The number of nitrogens with two attached hydrogens (primary N) is 1. The highest BCUT2D eigenvalue weighted by molar-refractivity contribution is 5.70. The summed E-state index contributed by atoms with van der Waals surface area (Å²) in [5, 5.41) is 0. The van der Waals surface area contributed by atoms with Crippen molar-refractivity contribution in [3.63, 3.8) is 0 Å². The molecule has 1 heterocycles. The number of benzene rings is 1. The highest BCUT2D eigenvalue weighted by Gasteiger charge is 2.19. The van der Waals surface area contributed by atoms with Crippen molar-refractivity contribution in [1.29, 1.82) is 0 Å². The number of hydrogen-bond donors (Lipinski definition) is 1. The van der Waals surface area contributed by atoms with Crippen molar-refractivity contribution >= 4 is 6.09 Å². The second kappa shape index (κ2) is 5.68. The molecule has 0 aromatic heterocycles. The second-order valence-electron chi connectivity index (χ2n) is 4.24. The van der Waals surface area contributed by atoms with Gasteiger partial charge in [0.05, 0.1) is 0 Å². The second-order valence-corrected chi connectivity index (χ2v) is 4.24. The number of amides is 1. The zero-order chi connectivity index (χ0) is 12.1. The lowest BCUT2D eigenvalue weighted by Gasteiger charge is -2.14. The smallest absolute Gasteiger partial charge is 0.410 e. The van der Waals surface area contributed by atoms with E-state index in [1.165, 1.54) is 0 Å². The molecular weight excluding hydrogens is 216 g/mol. The molecule has 0 aliphatic carbocycles. The SMILES string of the molecule is NCCc1ccc(OC(=O)N2CCCC2)cc1. The average Bonchev–Trinajstić information content (AvgIpc) is 2.86. The topological polar surface area (TPSA) is 55.6 Å². The van der Waals surface area contributed by atoms with E-state index in [-0.39, 0.29) is 6.09 Å². The van der Waals surface area contributed by atoms with Gasteiger partial charge in [0.15, 0.2) is 0 Å². The molecule has 1 amide bonds. The van der Waals surface area contributed by atoms with Crippen LogP contribution in [0.2, 0.25) is 0 Å². The maximum Gasteiger partial charge on any atom is 0.415 e. The van der Waals surface area contributed by atoms with Crippen LogP contribution in [0, 0.1) is 0 Å². The minimum atomic E-state index is -0.242. The average molecular weight is 234 g/mol. The van der Waals surface area contributed by atoms with Crippen LogP contribution in [-0.2, 0) is 6.42 Å². The highest BCUT2D eigenvalue weighted by atomic mass is 16.6. The fraction of sp³-hybridized carbons (Fsp3) is 0.462. The van der Waals surface area contributed by atoms with Crippen LogP contribution in [0.4, 0.5) is 4.79 Å². The predicted octanol–water partition coefficient (Wildman–Crippen LogP) is 1.78. The zero-order valence-electron chi connectivity index (χ0n) is 9.89. The Kier molecular flexibility index (Phi) is 3.98. The van der Waals surface area contributed by atoms with E-state index < -0.39 is 0 Å². The summed E-state index contributed by atoms with van der Waals surface area (Å²) in [6, 6.07) is 7.52. The number of ether oxygens (including phenoxy) is 1. The van der Waals surface area contributed by atoms with Crippen molar-refractivity contribution in [1.82, 2.24) is 4.90 Å². The number of hydrogen-bond acceptors (Lipinski definition) is 3. The molecule has 1 saturated heterocycles. The molecule has 2 N–H and O–H groups in total. The summed E-state index contributed by atoms with van der Waals surface area (Å²) < 4.78 is 5.29. The highest BCUT2D eigenvalue weighted by Crippen LogP contribution is 2.15. The molecule has 0 spiro atoms. The van der Waals surface area contributed by atoms with Crippen LogP contribution < -0.4 is 10.5 Å². The van der Waals surface area contributed by atoms with Gasteiger partial charge >= 0.3 is 6.09 Å². The Labute approximate surface area is 101 Å². The molecule has 92 valence electrons. The minimum absolute atomic E-state index is 0.242. The van der Waals surface area contributed by atoms with Crippen LogP contribution in [0.15, 0.2) is 24.3 Å². The van der Waals surface area contributed by atoms with E-state index in [0.29, 0.717) is 12.3 Å². The van der Waals surface area contributed by atoms with Crippen molar-refractivity contribution in [3.05, 3.63) is 29.8 Å². The first-order valence-electron chi connectivity index (χ1n) is 6.05. The van der Waals surface area contributed by atoms with Gasteiger partial charge in [-0.05, 0) is 43.5 Å². The van der Waals surface area contributed by atoms with Crippen LogP contribution in [0.5, 0.6) is 5.75 Å². The molecule has 1 fully saturated rings. The maximum atomic E-state index is 11.7. The zero-order valence-corrected chi connectivity index (χ0v) is 9.89. The van der Waals surface area contributed by atoms with E-state index >= 15 is 0 Å². The van der Waals surface area contributed by atoms with Crippen LogP contribution in [-0.4, -0.2) is 30.6 Å². The van der Waals surface area contributed by atoms with Gasteiger partial charge in [-0.2, -0.15) is 0 Å². The summed E-state index contributed by atoms with van der Waals surface area (Å²) in [5.41, 5.74) is 6.63. The Morgan fingerprint density at radius 1 is 1.24 bits per heavy atom. The molecule has 1 aliphatic rings. The largest absolute Gasteiger partial charge is 0.415 e. The third-order valence-electron chi connectivity index (χ3n) is 2.93. The molecule has 0 bridgehead atoms. The van der Waals surface area contributed by atoms with Crippen molar-refractivity contribution < 1.29 is 9.53 Å². The van der Waals surface area contributed by atoms with Crippen LogP contribution >= 0.6 is 0 Å². The Hall–Kier alpha value is -1.55. The van der Waals surface area contributed by atoms with Gasteiger partial charge in [0, 0.05) is 13.1 Å². The molecule has 0 unspecified atom stereocenters. The van der Waals surface area contributed by atoms with E-state index in [1.807, 2.05) is 24.3 Å². The van der Waals surface area contributed by atoms with Gasteiger partial charge in [0.25, 0.3) is 0 Å². The minimum Gasteiger partial charge on any atom is -0.410 e. The van der Waals surface area contributed by atoms with E-state index in [4.69, 9.17) is 10.5 Å². The lowest BCUT2D eigenvalue weighted by Crippen LogP contribution is -2.30. The summed E-state index contributed by atoms with van der Waals surface area (Å²) in [5.74, 6) is 0.600. The van der Waals surface area contributed by atoms with Crippen molar-refractivity contribution in [2.45, 2.75) is 19.3 Å². The van der Waals surface area contributed by atoms with Crippen LogP contribution in [0.25, 0.3) is 0 Å². The number of rotatable bonds is 3. The molecular formula is C13H18N2O2. The Morgan fingerprint density at radius 2 is 1.88 bits per heavy atom. The van der Waals surface area contributed by atoms with E-state index in [0.717, 1.165) is 37.9 Å². The quantitative estimate of drug-likeness (QED) is 0.867. The van der Waals surface area contributed by atoms with Gasteiger partial charge in [0.2, 0.25) is 0 Å². The monoisotopic (exact) mass is 234 g/mol. The van der Waals surface area contributed by atoms with E-state index in [1.54, 1.807) is 4.90 Å². The first kappa shape index (κ1) is 11.9. The van der Waals surface area contributed by atoms with E-state index in [2.05, 4.69) is 0 Å². The fourth-order valence-electron chi connectivity index (χ4n) is 1.96. The normalized spacial score (nSPS) is 15.0. The molecule has 1 aliphatic heterocycles. The van der Waals surface area contributed by atoms with Gasteiger partial charge < -0.3 is 15.4 Å². The fourth-order valence-corrected chi connectivity index (χ4v) is 1.96. The molecule has 4 nitrogen and oxygen atoms in total. The van der Waals surface area contributed by atoms with Gasteiger partial charge in [-0.25, -0.2) is 4.79 Å². The summed E-state index contributed by atoms with van der Waals surface area (Å²) in [4.78, 5) is 13.5. The number of carbonyl (C=O) groups is 1. The third kappa shape index (κ3) is 3.20. The number of likely N-dealkylation sites (tertiary alicyclic amines) is 1. The lowest BCUT2D eigenvalue weighted by molar-refractivity contribution is 0.163. The molecule has 0 saturated carbocycles. The van der Waals surface area contributed by atoms with Gasteiger partial charge in [0.1, 0.15) is 5.75 Å². The van der Waals surface area contributed by atoms with Crippen molar-refractivity contribution in [2.75, 3.05) is 19.6 Å². The van der Waals surface area contributed by atoms with Crippen molar-refractivity contribution in [2.24, 2.45) is 5.73 Å². The molecule has 1 aromatic carbocycles.